The maximum absolute atomic E-state index is 13.1. The van der Waals surface area contributed by atoms with E-state index in [1.165, 1.54) is 5.56 Å². The summed E-state index contributed by atoms with van der Waals surface area (Å²) in [5.74, 6) is 0.0682. The summed E-state index contributed by atoms with van der Waals surface area (Å²) in [6.45, 7) is 3.34. The maximum atomic E-state index is 13.1. The van der Waals surface area contributed by atoms with Gasteiger partial charge in [-0.25, -0.2) is 0 Å². The number of amides is 1. The van der Waals surface area contributed by atoms with Gasteiger partial charge in [0.15, 0.2) is 0 Å². The van der Waals surface area contributed by atoms with E-state index < -0.39 is 0 Å². The lowest BCUT2D eigenvalue weighted by molar-refractivity contribution is 0.0304. The molecule has 28 heavy (non-hydrogen) atoms. The normalized spacial score (nSPS) is 14.5. The third kappa shape index (κ3) is 4.08. The summed E-state index contributed by atoms with van der Waals surface area (Å²) in [4.78, 5) is 14.9. The third-order valence-corrected chi connectivity index (χ3v) is 5.64. The number of hydrogen-bond donors (Lipinski definition) is 0. The fraction of sp³-hybridized carbons (Fsp3) is 0.348. The summed E-state index contributed by atoms with van der Waals surface area (Å²) in [6.07, 6.45) is 5.18. The average molecular weight is 397 g/mol. The van der Waals surface area contributed by atoms with Gasteiger partial charge >= 0.3 is 0 Å². The second-order valence-corrected chi connectivity index (χ2v) is 7.63. The molecule has 1 fully saturated rings. The first kappa shape index (κ1) is 19.0. The van der Waals surface area contributed by atoms with Gasteiger partial charge in [0.25, 0.3) is 5.91 Å². The fourth-order valence-corrected chi connectivity index (χ4v) is 4.14. The lowest BCUT2D eigenvalue weighted by Crippen LogP contribution is -2.40. The first-order valence-electron chi connectivity index (χ1n) is 9.92. The Morgan fingerprint density at radius 3 is 2.57 bits per heavy atom. The number of halogens is 1. The molecule has 0 unspecified atom stereocenters. The van der Waals surface area contributed by atoms with Crippen molar-refractivity contribution in [3.05, 3.63) is 70.9 Å². The molecule has 4 rings (SSSR count). The Bertz CT molecular complexity index is 946. The molecule has 1 saturated heterocycles. The molecule has 146 valence electrons. The number of carbonyl (C=O) groups is 1. The van der Waals surface area contributed by atoms with Crippen molar-refractivity contribution in [1.29, 1.82) is 0 Å². The van der Waals surface area contributed by atoms with Gasteiger partial charge in [-0.15, -0.1) is 0 Å². The van der Waals surface area contributed by atoms with E-state index in [1.807, 2.05) is 35.4 Å². The van der Waals surface area contributed by atoms with E-state index in [4.69, 9.17) is 16.3 Å². The van der Waals surface area contributed by atoms with Gasteiger partial charge in [0.05, 0.1) is 29.3 Å². The minimum Gasteiger partial charge on any atom is -0.378 e. The SMILES string of the molecule is O=C(c1cn(CCCCc2ccccc2)c2c(Cl)cccc12)N1CCOCC1. The van der Waals surface area contributed by atoms with E-state index in [0.29, 0.717) is 31.3 Å². The van der Waals surface area contributed by atoms with Crippen LogP contribution in [0.3, 0.4) is 0 Å². The van der Waals surface area contributed by atoms with Crippen molar-refractivity contribution in [3.63, 3.8) is 0 Å². The number of aryl methyl sites for hydroxylation is 2. The Hall–Kier alpha value is -2.30. The van der Waals surface area contributed by atoms with Gasteiger partial charge in [-0.2, -0.15) is 0 Å². The second-order valence-electron chi connectivity index (χ2n) is 7.22. The van der Waals surface area contributed by atoms with Crippen molar-refractivity contribution in [2.24, 2.45) is 0 Å². The minimum absolute atomic E-state index is 0.0682. The number of rotatable bonds is 6. The minimum atomic E-state index is 0.0682. The predicted octanol–water partition coefficient (Wildman–Crippen LogP) is 4.79. The Balaban J connectivity index is 1.52. The number of carbonyl (C=O) groups excluding carboxylic acids is 1. The van der Waals surface area contributed by atoms with Crippen molar-refractivity contribution in [2.75, 3.05) is 26.3 Å². The zero-order valence-corrected chi connectivity index (χ0v) is 16.7. The van der Waals surface area contributed by atoms with Gasteiger partial charge in [-0.1, -0.05) is 54.1 Å². The van der Waals surface area contributed by atoms with E-state index in [9.17, 15) is 4.79 Å². The molecular formula is C23H25ClN2O2. The first-order valence-corrected chi connectivity index (χ1v) is 10.3. The molecule has 5 heteroatoms. The van der Waals surface area contributed by atoms with E-state index in [2.05, 4.69) is 28.8 Å². The molecule has 0 N–H and O–H groups in total. The van der Waals surface area contributed by atoms with Crippen LogP contribution >= 0.6 is 11.6 Å². The first-order chi connectivity index (χ1) is 13.7. The van der Waals surface area contributed by atoms with Crippen LogP contribution in [0.25, 0.3) is 10.9 Å². The van der Waals surface area contributed by atoms with Gasteiger partial charge in [-0.3, -0.25) is 4.79 Å². The molecule has 0 spiro atoms. The Morgan fingerprint density at radius 2 is 1.79 bits per heavy atom. The summed E-state index contributed by atoms with van der Waals surface area (Å²) in [7, 11) is 0. The zero-order chi connectivity index (χ0) is 19.3. The molecule has 0 aliphatic carbocycles. The summed E-state index contributed by atoms with van der Waals surface area (Å²) in [5.41, 5.74) is 3.06. The van der Waals surface area contributed by atoms with Crippen molar-refractivity contribution in [3.8, 4) is 0 Å². The van der Waals surface area contributed by atoms with Gasteiger partial charge < -0.3 is 14.2 Å². The zero-order valence-electron chi connectivity index (χ0n) is 15.9. The molecule has 0 bridgehead atoms. The molecule has 1 aliphatic heterocycles. The monoisotopic (exact) mass is 396 g/mol. The second kappa shape index (κ2) is 8.80. The number of para-hydroxylation sites is 1. The van der Waals surface area contributed by atoms with Crippen molar-refractivity contribution < 1.29 is 9.53 Å². The highest BCUT2D eigenvalue weighted by Crippen LogP contribution is 2.29. The molecule has 0 radical (unpaired) electrons. The van der Waals surface area contributed by atoms with Crippen LogP contribution in [0, 0.1) is 0 Å². The number of fused-ring (bicyclic) bond motifs is 1. The molecule has 1 aliphatic rings. The van der Waals surface area contributed by atoms with Gasteiger partial charge in [0.2, 0.25) is 0 Å². The summed E-state index contributed by atoms with van der Waals surface area (Å²) >= 11 is 6.51. The van der Waals surface area contributed by atoms with Gasteiger partial charge in [-0.05, 0) is 30.9 Å². The van der Waals surface area contributed by atoms with E-state index in [0.717, 1.165) is 42.3 Å². The quantitative estimate of drug-likeness (QED) is 0.561. The van der Waals surface area contributed by atoms with Crippen LogP contribution in [-0.2, 0) is 17.7 Å². The Kier molecular flexibility index (Phi) is 5.98. The fourth-order valence-electron chi connectivity index (χ4n) is 3.85. The number of hydrogen-bond acceptors (Lipinski definition) is 2. The predicted molar refractivity (Wildman–Crippen MR) is 113 cm³/mol. The molecule has 2 heterocycles. The number of aromatic nitrogens is 1. The summed E-state index contributed by atoms with van der Waals surface area (Å²) in [6, 6.07) is 16.4. The largest absolute Gasteiger partial charge is 0.378 e. The molecule has 2 aromatic carbocycles. The van der Waals surface area contributed by atoms with Crippen LogP contribution in [0.1, 0.15) is 28.8 Å². The lowest BCUT2D eigenvalue weighted by atomic mass is 10.1. The Morgan fingerprint density at radius 1 is 1.00 bits per heavy atom. The number of benzene rings is 2. The highest BCUT2D eigenvalue weighted by Gasteiger charge is 2.23. The molecular weight excluding hydrogens is 372 g/mol. The molecule has 1 amide bonds. The van der Waals surface area contributed by atoms with Gasteiger partial charge in [0, 0.05) is 31.2 Å². The lowest BCUT2D eigenvalue weighted by Gasteiger charge is -2.26. The Labute approximate surface area is 170 Å². The van der Waals surface area contributed by atoms with E-state index in [1.54, 1.807) is 0 Å². The van der Waals surface area contributed by atoms with Crippen LogP contribution in [0.5, 0.6) is 0 Å². The molecule has 0 saturated carbocycles. The number of ether oxygens (including phenoxy) is 1. The van der Waals surface area contributed by atoms with Crippen LogP contribution < -0.4 is 0 Å². The average Bonchev–Trinajstić information content (AvgIpc) is 3.12. The number of morpholine rings is 1. The standard InChI is InChI=1S/C23H25ClN2O2/c24-21-11-6-10-19-20(23(27)25-13-15-28-16-14-25)17-26(22(19)21)12-5-4-9-18-7-2-1-3-8-18/h1-3,6-8,10-11,17H,4-5,9,12-16H2. The highest BCUT2D eigenvalue weighted by atomic mass is 35.5. The number of nitrogens with zero attached hydrogens (tertiary/aromatic N) is 2. The van der Waals surface area contributed by atoms with E-state index in [-0.39, 0.29) is 5.91 Å². The van der Waals surface area contributed by atoms with Crippen LogP contribution in [0.4, 0.5) is 0 Å². The maximum Gasteiger partial charge on any atom is 0.256 e. The smallest absolute Gasteiger partial charge is 0.256 e. The molecule has 4 nitrogen and oxygen atoms in total. The van der Waals surface area contributed by atoms with Crippen LogP contribution in [-0.4, -0.2) is 41.7 Å². The topological polar surface area (TPSA) is 34.5 Å². The van der Waals surface area contributed by atoms with Crippen molar-refractivity contribution in [2.45, 2.75) is 25.8 Å². The van der Waals surface area contributed by atoms with Crippen LogP contribution in [0.15, 0.2) is 54.7 Å². The summed E-state index contributed by atoms with van der Waals surface area (Å²) < 4.78 is 7.53. The van der Waals surface area contributed by atoms with E-state index >= 15 is 0 Å². The van der Waals surface area contributed by atoms with Crippen LogP contribution in [0.2, 0.25) is 5.02 Å². The third-order valence-electron chi connectivity index (χ3n) is 5.34. The number of unbranched alkanes of at least 4 members (excludes halogenated alkanes) is 1. The van der Waals surface area contributed by atoms with Crippen molar-refractivity contribution >= 4 is 28.4 Å². The molecule has 3 aromatic rings. The van der Waals surface area contributed by atoms with Gasteiger partial charge in [0.1, 0.15) is 0 Å². The molecule has 1 aromatic heterocycles. The summed E-state index contributed by atoms with van der Waals surface area (Å²) in [5, 5.41) is 1.63. The highest BCUT2D eigenvalue weighted by molar-refractivity contribution is 6.35. The van der Waals surface area contributed by atoms with Crippen molar-refractivity contribution in [1.82, 2.24) is 9.47 Å². The molecule has 0 atom stereocenters.